The lowest BCUT2D eigenvalue weighted by Gasteiger charge is -2.28. The number of carbonyl (C=O) groups is 1. The highest BCUT2D eigenvalue weighted by molar-refractivity contribution is 5.90. The summed E-state index contributed by atoms with van der Waals surface area (Å²) in [5.74, 6) is -0.147. The minimum atomic E-state index is -0.889. The van der Waals surface area contributed by atoms with Gasteiger partial charge in [0, 0.05) is 25.2 Å². The van der Waals surface area contributed by atoms with Crippen LogP contribution in [0.3, 0.4) is 0 Å². The molecule has 1 fully saturated rings. The van der Waals surface area contributed by atoms with Crippen molar-refractivity contribution in [2.24, 2.45) is 0 Å². The molecule has 0 bridgehead atoms. The molecule has 0 atom stereocenters. The highest BCUT2D eigenvalue weighted by atomic mass is 16.5. The fourth-order valence-electron chi connectivity index (χ4n) is 2.69. The van der Waals surface area contributed by atoms with Crippen LogP contribution >= 0.6 is 0 Å². The molecule has 6 nitrogen and oxygen atoms in total. The summed E-state index contributed by atoms with van der Waals surface area (Å²) in [5, 5.41) is 9.44. The maximum Gasteiger partial charge on any atom is 0.336 e. The smallest absolute Gasteiger partial charge is 0.336 e. The molecule has 20 heavy (non-hydrogen) atoms. The van der Waals surface area contributed by atoms with Crippen molar-refractivity contribution in [3.8, 4) is 0 Å². The van der Waals surface area contributed by atoms with Crippen molar-refractivity contribution < 1.29 is 19.4 Å². The number of pyridine rings is 1. The summed E-state index contributed by atoms with van der Waals surface area (Å²) in [6, 6.07) is 1.69. The van der Waals surface area contributed by atoms with Gasteiger partial charge in [-0.2, -0.15) is 0 Å². The Labute approximate surface area is 117 Å². The van der Waals surface area contributed by atoms with Gasteiger partial charge in [-0.3, -0.25) is 0 Å². The number of carboxylic acid groups (broad SMARTS) is 1. The maximum absolute atomic E-state index is 11.5. The van der Waals surface area contributed by atoms with Crippen LogP contribution in [0.1, 0.15) is 21.6 Å². The number of aromatic nitrogens is 1. The second kappa shape index (κ2) is 5.76. The van der Waals surface area contributed by atoms with Crippen molar-refractivity contribution in [3.05, 3.63) is 22.9 Å². The molecule has 1 saturated heterocycles. The number of ether oxygens (including phenoxy) is 2. The van der Waals surface area contributed by atoms with Crippen LogP contribution in [0, 0.1) is 0 Å². The van der Waals surface area contributed by atoms with Crippen LogP contribution in [-0.4, -0.2) is 55.6 Å². The zero-order valence-corrected chi connectivity index (χ0v) is 11.3. The Morgan fingerprint density at radius 3 is 2.60 bits per heavy atom. The number of aromatic carboxylic acids is 1. The number of fused-ring (bicyclic) bond motifs is 1. The van der Waals surface area contributed by atoms with Gasteiger partial charge in [-0.05, 0) is 18.1 Å². The minimum absolute atomic E-state index is 0.363. The predicted octanol–water partition coefficient (Wildman–Crippen LogP) is 0.732. The number of hydrogen-bond donors (Lipinski definition) is 1. The lowest BCUT2D eigenvalue weighted by Crippen LogP contribution is -2.37. The van der Waals surface area contributed by atoms with Gasteiger partial charge in [0.25, 0.3) is 0 Å². The SMILES string of the molecule is O=C(O)c1cc(N2CCOCC2)nc2c1CCOCC2. The van der Waals surface area contributed by atoms with Crippen molar-refractivity contribution in [2.45, 2.75) is 12.8 Å². The van der Waals surface area contributed by atoms with Gasteiger partial charge in [-0.25, -0.2) is 9.78 Å². The van der Waals surface area contributed by atoms with Gasteiger partial charge < -0.3 is 19.5 Å². The van der Waals surface area contributed by atoms with Gasteiger partial charge in [-0.15, -0.1) is 0 Å². The molecule has 0 amide bonds. The maximum atomic E-state index is 11.5. The Balaban J connectivity index is 2.01. The summed E-state index contributed by atoms with van der Waals surface area (Å²) >= 11 is 0. The van der Waals surface area contributed by atoms with Gasteiger partial charge in [0.15, 0.2) is 0 Å². The molecule has 6 heteroatoms. The fraction of sp³-hybridized carbons (Fsp3) is 0.571. The summed E-state index contributed by atoms with van der Waals surface area (Å²) in [6.07, 6.45) is 1.29. The van der Waals surface area contributed by atoms with E-state index in [1.807, 2.05) is 0 Å². The third-order valence-electron chi connectivity index (χ3n) is 3.74. The largest absolute Gasteiger partial charge is 0.478 e. The van der Waals surface area contributed by atoms with Crippen LogP contribution in [0.4, 0.5) is 5.82 Å². The van der Waals surface area contributed by atoms with Crippen LogP contribution in [0.5, 0.6) is 0 Å². The monoisotopic (exact) mass is 278 g/mol. The molecule has 2 aliphatic heterocycles. The topological polar surface area (TPSA) is 71.9 Å². The fourth-order valence-corrected chi connectivity index (χ4v) is 2.69. The van der Waals surface area contributed by atoms with E-state index in [4.69, 9.17) is 9.47 Å². The van der Waals surface area contributed by atoms with E-state index < -0.39 is 5.97 Å². The van der Waals surface area contributed by atoms with E-state index in [2.05, 4.69) is 9.88 Å². The van der Waals surface area contributed by atoms with Gasteiger partial charge in [-0.1, -0.05) is 0 Å². The quantitative estimate of drug-likeness (QED) is 0.860. The highest BCUT2D eigenvalue weighted by Gasteiger charge is 2.22. The summed E-state index contributed by atoms with van der Waals surface area (Å²) < 4.78 is 10.8. The van der Waals surface area contributed by atoms with Gasteiger partial charge in [0.1, 0.15) is 5.82 Å². The Hall–Kier alpha value is -1.66. The third kappa shape index (κ3) is 2.62. The Morgan fingerprint density at radius 2 is 1.85 bits per heavy atom. The molecule has 0 spiro atoms. The van der Waals surface area contributed by atoms with Crippen LogP contribution in [0.15, 0.2) is 6.07 Å². The van der Waals surface area contributed by atoms with Crippen molar-refractivity contribution in [1.82, 2.24) is 4.98 Å². The number of rotatable bonds is 2. The molecular weight excluding hydrogens is 260 g/mol. The molecule has 1 aromatic heterocycles. The Kier molecular flexibility index (Phi) is 3.84. The second-order valence-electron chi connectivity index (χ2n) is 4.97. The van der Waals surface area contributed by atoms with E-state index in [1.165, 1.54) is 0 Å². The van der Waals surface area contributed by atoms with Crippen LogP contribution < -0.4 is 4.90 Å². The zero-order chi connectivity index (χ0) is 13.9. The number of anilines is 1. The minimum Gasteiger partial charge on any atom is -0.478 e. The molecule has 0 radical (unpaired) electrons. The summed E-state index contributed by atoms with van der Waals surface area (Å²) in [6.45, 7) is 3.98. The predicted molar refractivity (Wildman–Crippen MR) is 72.5 cm³/mol. The van der Waals surface area contributed by atoms with Crippen molar-refractivity contribution in [3.63, 3.8) is 0 Å². The van der Waals surface area contributed by atoms with Crippen molar-refractivity contribution >= 4 is 11.8 Å². The Morgan fingerprint density at radius 1 is 1.15 bits per heavy atom. The van der Waals surface area contributed by atoms with E-state index in [0.717, 1.165) is 30.2 Å². The van der Waals surface area contributed by atoms with E-state index in [9.17, 15) is 9.90 Å². The van der Waals surface area contributed by atoms with Gasteiger partial charge >= 0.3 is 5.97 Å². The first-order valence-electron chi connectivity index (χ1n) is 6.92. The molecule has 0 saturated carbocycles. The number of nitrogens with zero attached hydrogens (tertiary/aromatic N) is 2. The third-order valence-corrected chi connectivity index (χ3v) is 3.74. The molecule has 2 aliphatic rings. The normalized spacial score (nSPS) is 19.3. The molecule has 1 aromatic rings. The molecule has 3 heterocycles. The molecule has 0 unspecified atom stereocenters. The standard InChI is InChI=1S/C14H18N2O4/c17-14(18)11-9-13(16-3-7-20-8-4-16)15-12-2-6-19-5-1-10(11)12/h9H,1-8H2,(H,17,18). The average molecular weight is 278 g/mol. The average Bonchev–Trinajstić information content (AvgIpc) is 2.72. The number of carboxylic acids is 1. The molecule has 1 N–H and O–H groups in total. The molecular formula is C14H18N2O4. The van der Waals surface area contributed by atoms with E-state index >= 15 is 0 Å². The Bertz CT molecular complexity index is 512. The molecule has 108 valence electrons. The number of hydrogen-bond acceptors (Lipinski definition) is 5. The first kappa shape index (κ1) is 13.3. The van der Waals surface area contributed by atoms with Crippen LogP contribution in [0.25, 0.3) is 0 Å². The van der Waals surface area contributed by atoms with E-state index in [1.54, 1.807) is 6.07 Å². The van der Waals surface area contributed by atoms with Gasteiger partial charge in [0.2, 0.25) is 0 Å². The summed E-state index contributed by atoms with van der Waals surface area (Å²) in [7, 11) is 0. The summed E-state index contributed by atoms with van der Waals surface area (Å²) in [5.41, 5.74) is 2.05. The first-order chi connectivity index (χ1) is 9.75. The van der Waals surface area contributed by atoms with Gasteiger partial charge in [0.05, 0.1) is 32.0 Å². The lowest BCUT2D eigenvalue weighted by molar-refractivity contribution is 0.0695. The summed E-state index contributed by atoms with van der Waals surface area (Å²) in [4.78, 5) is 18.3. The molecule has 0 aromatic carbocycles. The number of morpholine rings is 1. The van der Waals surface area contributed by atoms with Crippen molar-refractivity contribution in [2.75, 3.05) is 44.4 Å². The van der Waals surface area contributed by atoms with E-state index in [0.29, 0.717) is 44.8 Å². The first-order valence-corrected chi connectivity index (χ1v) is 6.92. The molecule has 0 aliphatic carbocycles. The highest BCUT2D eigenvalue weighted by Crippen LogP contribution is 2.24. The van der Waals surface area contributed by atoms with Crippen LogP contribution in [0.2, 0.25) is 0 Å². The van der Waals surface area contributed by atoms with Crippen molar-refractivity contribution in [1.29, 1.82) is 0 Å². The molecule has 3 rings (SSSR count). The zero-order valence-electron chi connectivity index (χ0n) is 11.3. The second-order valence-corrected chi connectivity index (χ2v) is 4.97. The lowest BCUT2D eigenvalue weighted by atomic mass is 10.0. The van der Waals surface area contributed by atoms with Crippen LogP contribution in [-0.2, 0) is 22.3 Å². The van der Waals surface area contributed by atoms with E-state index in [-0.39, 0.29) is 0 Å².